The number of cyclic esters (lactones) is 1. The lowest BCUT2D eigenvalue weighted by atomic mass is 10.0. The van der Waals surface area contributed by atoms with Crippen LogP contribution in [0.3, 0.4) is 0 Å². The molecule has 154 valence electrons. The van der Waals surface area contributed by atoms with Gasteiger partial charge in [-0.25, -0.2) is 4.79 Å². The molecule has 1 fully saturated rings. The molecule has 0 aliphatic carbocycles. The number of rotatable bonds is 11. The summed E-state index contributed by atoms with van der Waals surface area (Å²) in [6.07, 6.45) is -0.00332. The summed E-state index contributed by atoms with van der Waals surface area (Å²) in [5.41, 5.74) is -0.304. The predicted octanol–water partition coefficient (Wildman–Crippen LogP) is 2.40. The first-order valence-corrected chi connectivity index (χ1v) is 8.85. The summed E-state index contributed by atoms with van der Waals surface area (Å²) in [5.74, 6) is -4.43. The number of aliphatic hydroxyl groups is 1. The van der Waals surface area contributed by atoms with Gasteiger partial charge in [-0.1, -0.05) is 42.5 Å². The molecule has 1 aliphatic rings. The molecule has 0 spiro atoms. The number of hydrogen-bond acceptors (Lipinski definition) is 5. The van der Waals surface area contributed by atoms with Gasteiger partial charge in [-0.15, -0.1) is 0 Å². The zero-order valence-electron chi connectivity index (χ0n) is 15.2. The van der Waals surface area contributed by atoms with E-state index >= 15 is 0 Å². The number of carbonyl (C=O) groups is 2. The van der Waals surface area contributed by atoms with Crippen molar-refractivity contribution in [2.75, 3.05) is 26.4 Å². The molecule has 1 heterocycles. The largest absolute Gasteiger partial charge is 0.481 e. The fourth-order valence-corrected chi connectivity index (χ4v) is 2.67. The van der Waals surface area contributed by atoms with Crippen molar-refractivity contribution in [1.29, 1.82) is 0 Å². The highest BCUT2D eigenvalue weighted by Crippen LogP contribution is 2.32. The molecular weight excluding hydrogens is 376 g/mol. The van der Waals surface area contributed by atoms with Crippen molar-refractivity contribution < 1.29 is 38.1 Å². The van der Waals surface area contributed by atoms with Crippen molar-refractivity contribution in [3.8, 4) is 0 Å². The number of carbonyl (C=O) groups excluding carboxylic acids is 1. The van der Waals surface area contributed by atoms with E-state index in [0.29, 0.717) is 6.42 Å². The Bertz CT molecular complexity index is 682. The Morgan fingerprint density at radius 1 is 1.36 bits per heavy atom. The van der Waals surface area contributed by atoms with Crippen LogP contribution < -0.4 is 0 Å². The van der Waals surface area contributed by atoms with Gasteiger partial charge < -0.3 is 19.7 Å². The highest BCUT2D eigenvalue weighted by Gasteiger charge is 2.39. The number of benzene rings is 1. The number of carboxylic acid groups (broad SMARTS) is 1. The van der Waals surface area contributed by atoms with Crippen molar-refractivity contribution in [2.24, 2.45) is 0 Å². The molecule has 7 nitrogen and oxygen atoms in total. The van der Waals surface area contributed by atoms with Gasteiger partial charge in [0.25, 0.3) is 0 Å². The highest BCUT2D eigenvalue weighted by molar-refractivity contribution is 5.70. The molecule has 1 saturated heterocycles. The lowest BCUT2D eigenvalue weighted by Crippen LogP contribution is -2.34. The van der Waals surface area contributed by atoms with Gasteiger partial charge in [0, 0.05) is 18.7 Å². The summed E-state index contributed by atoms with van der Waals surface area (Å²) in [6.45, 7) is 0.580. The molecule has 9 heteroatoms. The molecule has 2 rings (SSSR count). The Morgan fingerprint density at radius 2 is 2.07 bits per heavy atom. The summed E-state index contributed by atoms with van der Waals surface area (Å²) < 4.78 is 38.7. The van der Waals surface area contributed by atoms with Crippen molar-refractivity contribution >= 4 is 12.1 Å². The molecule has 0 aromatic heterocycles. The zero-order valence-corrected chi connectivity index (χ0v) is 15.2. The van der Waals surface area contributed by atoms with Crippen LogP contribution in [0, 0.1) is 0 Å². The Morgan fingerprint density at radius 3 is 2.75 bits per heavy atom. The van der Waals surface area contributed by atoms with Crippen LogP contribution in [0.1, 0.15) is 18.4 Å². The normalized spacial score (nSPS) is 18.5. The van der Waals surface area contributed by atoms with Crippen molar-refractivity contribution in [1.82, 2.24) is 4.90 Å². The number of amides is 1. The van der Waals surface area contributed by atoms with E-state index in [-0.39, 0.29) is 38.3 Å². The third-order valence-corrected chi connectivity index (χ3v) is 4.21. The molecule has 1 aromatic carbocycles. The maximum atomic E-state index is 14.3. The van der Waals surface area contributed by atoms with Gasteiger partial charge >= 0.3 is 18.0 Å². The minimum Gasteiger partial charge on any atom is -0.481 e. The number of ether oxygens (including phenoxy) is 2. The van der Waals surface area contributed by atoms with Gasteiger partial charge in [0.2, 0.25) is 0 Å². The van der Waals surface area contributed by atoms with Crippen LogP contribution in [0.5, 0.6) is 0 Å². The van der Waals surface area contributed by atoms with Gasteiger partial charge in [-0.2, -0.15) is 8.78 Å². The van der Waals surface area contributed by atoms with Crippen LogP contribution in [0.2, 0.25) is 0 Å². The lowest BCUT2D eigenvalue weighted by Gasteiger charge is -2.22. The molecule has 1 aromatic rings. The Kier molecular flexibility index (Phi) is 7.89. The average molecular weight is 399 g/mol. The van der Waals surface area contributed by atoms with Gasteiger partial charge in [0.1, 0.15) is 12.7 Å². The summed E-state index contributed by atoms with van der Waals surface area (Å²) in [4.78, 5) is 23.5. The quantitative estimate of drug-likeness (QED) is 0.438. The summed E-state index contributed by atoms with van der Waals surface area (Å²) in [6, 6.07) is 6.42. The molecule has 2 N–H and O–H groups in total. The second-order valence-corrected chi connectivity index (χ2v) is 6.27. The van der Waals surface area contributed by atoms with E-state index in [2.05, 4.69) is 0 Å². The van der Waals surface area contributed by atoms with Crippen LogP contribution in [-0.2, 0) is 20.2 Å². The zero-order chi connectivity index (χ0) is 20.6. The van der Waals surface area contributed by atoms with Gasteiger partial charge in [0.15, 0.2) is 0 Å². The molecule has 28 heavy (non-hydrogen) atoms. The highest BCUT2D eigenvalue weighted by atomic mass is 19.3. The van der Waals surface area contributed by atoms with E-state index in [4.69, 9.17) is 14.6 Å². The average Bonchev–Trinajstić information content (AvgIpc) is 3.02. The first-order chi connectivity index (χ1) is 13.3. The molecule has 2 atom stereocenters. The van der Waals surface area contributed by atoms with Crippen molar-refractivity contribution in [2.45, 2.75) is 30.9 Å². The Hall–Kier alpha value is -2.52. The fourth-order valence-electron chi connectivity index (χ4n) is 2.67. The minimum atomic E-state index is -3.47. The molecule has 1 amide bonds. The van der Waals surface area contributed by atoms with Gasteiger partial charge in [0.05, 0.1) is 19.1 Å². The van der Waals surface area contributed by atoms with Gasteiger partial charge in [-0.3, -0.25) is 9.69 Å². The van der Waals surface area contributed by atoms with Crippen LogP contribution in [0.15, 0.2) is 42.5 Å². The topological polar surface area (TPSA) is 96.3 Å². The molecule has 0 saturated carbocycles. The minimum absolute atomic E-state index is 0.00116. The molecule has 0 bridgehead atoms. The van der Waals surface area contributed by atoms with E-state index < -0.39 is 30.1 Å². The van der Waals surface area contributed by atoms with E-state index in [0.717, 1.165) is 6.08 Å². The Balaban J connectivity index is 1.87. The lowest BCUT2D eigenvalue weighted by molar-refractivity contribution is -0.138. The number of alkyl halides is 2. The molecule has 2 unspecified atom stereocenters. The van der Waals surface area contributed by atoms with E-state index in [9.17, 15) is 23.5 Å². The fraction of sp³-hybridized carbons (Fsp3) is 0.474. The molecule has 0 radical (unpaired) electrons. The predicted molar refractivity (Wildman–Crippen MR) is 95.0 cm³/mol. The van der Waals surface area contributed by atoms with Crippen LogP contribution in [-0.4, -0.2) is 65.7 Å². The van der Waals surface area contributed by atoms with Crippen molar-refractivity contribution in [3.05, 3.63) is 48.0 Å². The first kappa shape index (κ1) is 21.8. The van der Waals surface area contributed by atoms with Crippen LogP contribution in [0.25, 0.3) is 0 Å². The maximum Gasteiger partial charge on any atom is 0.410 e. The van der Waals surface area contributed by atoms with Crippen molar-refractivity contribution in [3.63, 3.8) is 0 Å². The van der Waals surface area contributed by atoms with E-state index in [1.165, 1.54) is 35.2 Å². The number of nitrogens with zero attached hydrogens (tertiary/aromatic N) is 1. The second-order valence-electron chi connectivity index (χ2n) is 6.27. The number of carboxylic acids is 1. The Labute approximate surface area is 161 Å². The standard InChI is InChI=1S/C19H23F2NO6/c20-19(21,14-5-2-1-3-6-14)16(23)8-7-15-13-28-18(26)22(15)10-4-11-27-12-9-17(24)25/h1-3,5-8,15-16,23H,4,9-13H2,(H,24,25). The van der Waals surface area contributed by atoms with E-state index in [1.807, 2.05) is 0 Å². The number of hydrogen-bond donors (Lipinski definition) is 2. The SMILES string of the molecule is O=C(O)CCOCCCN1C(=O)OCC1C=CC(O)C(F)(F)c1ccccc1. The van der Waals surface area contributed by atoms with E-state index in [1.54, 1.807) is 6.07 Å². The first-order valence-electron chi connectivity index (χ1n) is 8.85. The number of halogens is 2. The van der Waals surface area contributed by atoms with Gasteiger partial charge in [-0.05, 0) is 6.42 Å². The summed E-state index contributed by atoms with van der Waals surface area (Å²) >= 11 is 0. The molecular formula is C19H23F2NO6. The monoisotopic (exact) mass is 399 g/mol. The molecule has 1 aliphatic heterocycles. The number of aliphatic carboxylic acids is 1. The smallest absolute Gasteiger partial charge is 0.410 e. The van der Waals surface area contributed by atoms with Crippen LogP contribution in [0.4, 0.5) is 13.6 Å². The third kappa shape index (κ3) is 6.00. The summed E-state index contributed by atoms with van der Waals surface area (Å²) in [7, 11) is 0. The number of aliphatic hydroxyl groups excluding tert-OH is 1. The second kappa shape index (κ2) is 10.1. The van der Waals surface area contributed by atoms with Crippen LogP contribution >= 0.6 is 0 Å². The third-order valence-electron chi connectivity index (χ3n) is 4.21. The maximum absolute atomic E-state index is 14.3. The summed E-state index contributed by atoms with van der Waals surface area (Å²) in [5, 5.41) is 18.4.